The van der Waals surface area contributed by atoms with Crippen LogP contribution >= 0.6 is 0 Å². The minimum Gasteiger partial charge on any atom is -0.383 e. The number of methoxy groups -OCH3 is 1. The van der Waals surface area contributed by atoms with Crippen LogP contribution in [0.25, 0.3) is 0 Å². The number of hydrogen-bond donors (Lipinski definition) is 1. The smallest absolute Gasteiger partial charge is 0.0615 e. The van der Waals surface area contributed by atoms with E-state index in [0.717, 1.165) is 18.9 Å². The van der Waals surface area contributed by atoms with Crippen LogP contribution in [-0.4, -0.2) is 50.3 Å². The number of nitrogens with one attached hydrogen (secondary N) is 1. The lowest BCUT2D eigenvalue weighted by Gasteiger charge is -2.38. The van der Waals surface area contributed by atoms with Crippen LogP contribution in [0, 0.1) is 5.92 Å². The Labute approximate surface area is 101 Å². The lowest BCUT2D eigenvalue weighted by molar-refractivity contribution is 0.117. The van der Waals surface area contributed by atoms with Gasteiger partial charge in [0.15, 0.2) is 0 Å². The molecule has 1 saturated heterocycles. The SMILES string of the molecule is CCC(COC)NC1CCN(CC)CC1C. The van der Waals surface area contributed by atoms with Gasteiger partial charge in [0.2, 0.25) is 0 Å². The number of ether oxygens (including phenoxy) is 1. The second-order valence-electron chi connectivity index (χ2n) is 4.99. The molecule has 96 valence electrons. The minimum atomic E-state index is 0.519. The molecule has 3 nitrogen and oxygen atoms in total. The van der Waals surface area contributed by atoms with Gasteiger partial charge < -0.3 is 15.0 Å². The van der Waals surface area contributed by atoms with Crippen LogP contribution in [0.5, 0.6) is 0 Å². The molecule has 0 aliphatic carbocycles. The van der Waals surface area contributed by atoms with Crippen LogP contribution in [0.15, 0.2) is 0 Å². The Morgan fingerprint density at radius 3 is 2.69 bits per heavy atom. The van der Waals surface area contributed by atoms with E-state index in [4.69, 9.17) is 4.74 Å². The molecule has 3 atom stereocenters. The van der Waals surface area contributed by atoms with Crippen LogP contribution in [0.2, 0.25) is 0 Å². The van der Waals surface area contributed by atoms with Gasteiger partial charge in [-0.1, -0.05) is 20.8 Å². The molecule has 0 saturated carbocycles. The van der Waals surface area contributed by atoms with Crippen LogP contribution < -0.4 is 5.32 Å². The highest BCUT2D eigenvalue weighted by Crippen LogP contribution is 2.17. The van der Waals surface area contributed by atoms with E-state index in [1.54, 1.807) is 7.11 Å². The first-order valence-corrected chi connectivity index (χ1v) is 6.68. The Hall–Kier alpha value is -0.120. The van der Waals surface area contributed by atoms with Gasteiger partial charge in [-0.3, -0.25) is 0 Å². The molecule has 0 aromatic heterocycles. The standard InChI is InChI=1S/C13H28N2O/c1-5-12(10-16-4)14-13-7-8-15(6-2)9-11(13)3/h11-14H,5-10H2,1-4H3. The Morgan fingerprint density at radius 2 is 2.19 bits per heavy atom. The fourth-order valence-electron chi connectivity index (χ4n) is 2.55. The van der Waals surface area contributed by atoms with Crippen LogP contribution in [0.4, 0.5) is 0 Å². The van der Waals surface area contributed by atoms with Crippen molar-refractivity contribution in [2.45, 2.75) is 45.7 Å². The van der Waals surface area contributed by atoms with Gasteiger partial charge in [0.1, 0.15) is 0 Å². The first-order valence-electron chi connectivity index (χ1n) is 6.68. The lowest BCUT2D eigenvalue weighted by atomic mass is 9.93. The van der Waals surface area contributed by atoms with E-state index in [-0.39, 0.29) is 0 Å². The lowest BCUT2D eigenvalue weighted by Crippen LogP contribution is -2.51. The van der Waals surface area contributed by atoms with Gasteiger partial charge in [-0.05, 0) is 31.8 Å². The van der Waals surface area contributed by atoms with Crippen molar-refractivity contribution >= 4 is 0 Å². The molecule has 16 heavy (non-hydrogen) atoms. The van der Waals surface area contributed by atoms with Gasteiger partial charge >= 0.3 is 0 Å². The number of piperidine rings is 1. The molecule has 1 rings (SSSR count). The van der Waals surface area contributed by atoms with Crippen LogP contribution in [0.3, 0.4) is 0 Å². The largest absolute Gasteiger partial charge is 0.383 e. The maximum atomic E-state index is 5.24. The summed E-state index contributed by atoms with van der Waals surface area (Å²) in [6.45, 7) is 11.3. The molecule has 0 spiro atoms. The summed E-state index contributed by atoms with van der Waals surface area (Å²) in [5, 5.41) is 3.75. The van der Waals surface area contributed by atoms with Crippen LogP contribution in [-0.2, 0) is 4.74 Å². The number of likely N-dealkylation sites (tertiary alicyclic amines) is 1. The third-order valence-corrected chi connectivity index (χ3v) is 3.75. The highest BCUT2D eigenvalue weighted by Gasteiger charge is 2.26. The molecule has 1 fully saturated rings. The predicted molar refractivity (Wildman–Crippen MR) is 68.8 cm³/mol. The minimum absolute atomic E-state index is 0.519. The van der Waals surface area contributed by atoms with E-state index >= 15 is 0 Å². The molecule has 1 heterocycles. The fraction of sp³-hybridized carbons (Fsp3) is 1.00. The zero-order chi connectivity index (χ0) is 12.0. The summed E-state index contributed by atoms with van der Waals surface area (Å²) < 4.78 is 5.24. The predicted octanol–water partition coefficient (Wildman–Crippen LogP) is 1.73. The second-order valence-corrected chi connectivity index (χ2v) is 4.99. The summed E-state index contributed by atoms with van der Waals surface area (Å²) in [5.41, 5.74) is 0. The van der Waals surface area contributed by atoms with E-state index in [1.165, 1.54) is 26.1 Å². The maximum Gasteiger partial charge on any atom is 0.0615 e. The molecule has 0 aromatic carbocycles. The summed E-state index contributed by atoms with van der Waals surface area (Å²) in [6.07, 6.45) is 2.42. The van der Waals surface area contributed by atoms with Gasteiger partial charge in [0.25, 0.3) is 0 Å². The average molecular weight is 228 g/mol. The molecule has 1 aliphatic heterocycles. The molecule has 1 N–H and O–H groups in total. The summed E-state index contributed by atoms with van der Waals surface area (Å²) in [4.78, 5) is 2.54. The number of hydrogen-bond acceptors (Lipinski definition) is 3. The number of rotatable bonds is 6. The number of nitrogens with zero attached hydrogens (tertiary/aromatic N) is 1. The van der Waals surface area contributed by atoms with Gasteiger partial charge in [0.05, 0.1) is 6.61 Å². The Bertz CT molecular complexity index is 187. The highest BCUT2D eigenvalue weighted by molar-refractivity contribution is 4.84. The molecule has 1 aliphatic rings. The Morgan fingerprint density at radius 1 is 1.44 bits per heavy atom. The molecule has 3 unspecified atom stereocenters. The molecule has 0 radical (unpaired) electrons. The van der Waals surface area contributed by atoms with Crippen molar-refractivity contribution in [2.75, 3.05) is 33.4 Å². The maximum absolute atomic E-state index is 5.24. The van der Waals surface area contributed by atoms with Crippen molar-refractivity contribution in [3.8, 4) is 0 Å². The third kappa shape index (κ3) is 4.04. The van der Waals surface area contributed by atoms with E-state index in [1.807, 2.05) is 0 Å². The Kier molecular flexibility index (Phi) is 6.32. The van der Waals surface area contributed by atoms with Gasteiger partial charge in [-0.25, -0.2) is 0 Å². The topological polar surface area (TPSA) is 24.5 Å². The normalized spacial score (nSPS) is 29.2. The molecule has 0 amide bonds. The second kappa shape index (κ2) is 7.25. The zero-order valence-corrected chi connectivity index (χ0v) is 11.3. The van der Waals surface area contributed by atoms with Crippen molar-refractivity contribution < 1.29 is 4.74 Å². The van der Waals surface area contributed by atoms with Crippen molar-refractivity contribution in [2.24, 2.45) is 5.92 Å². The van der Waals surface area contributed by atoms with Crippen molar-refractivity contribution in [3.63, 3.8) is 0 Å². The van der Waals surface area contributed by atoms with E-state index in [0.29, 0.717) is 12.1 Å². The molecular formula is C13H28N2O. The molecule has 0 bridgehead atoms. The van der Waals surface area contributed by atoms with E-state index in [2.05, 4.69) is 31.0 Å². The third-order valence-electron chi connectivity index (χ3n) is 3.75. The van der Waals surface area contributed by atoms with Crippen LogP contribution in [0.1, 0.15) is 33.6 Å². The first-order chi connectivity index (χ1) is 7.71. The fourth-order valence-corrected chi connectivity index (χ4v) is 2.55. The van der Waals surface area contributed by atoms with Crippen molar-refractivity contribution in [3.05, 3.63) is 0 Å². The average Bonchev–Trinajstić information content (AvgIpc) is 2.30. The molecule has 0 aromatic rings. The zero-order valence-electron chi connectivity index (χ0n) is 11.3. The quantitative estimate of drug-likeness (QED) is 0.749. The first kappa shape index (κ1) is 13.9. The van der Waals surface area contributed by atoms with Gasteiger partial charge in [-0.15, -0.1) is 0 Å². The monoisotopic (exact) mass is 228 g/mol. The summed E-state index contributed by atoms with van der Waals surface area (Å²) in [7, 11) is 1.79. The summed E-state index contributed by atoms with van der Waals surface area (Å²) in [5.74, 6) is 0.750. The molecular weight excluding hydrogens is 200 g/mol. The van der Waals surface area contributed by atoms with Crippen molar-refractivity contribution in [1.29, 1.82) is 0 Å². The van der Waals surface area contributed by atoms with Crippen molar-refractivity contribution in [1.82, 2.24) is 10.2 Å². The summed E-state index contributed by atoms with van der Waals surface area (Å²) >= 11 is 0. The van der Waals surface area contributed by atoms with E-state index < -0.39 is 0 Å². The molecule has 3 heteroatoms. The van der Waals surface area contributed by atoms with Gasteiger partial charge in [0, 0.05) is 25.7 Å². The van der Waals surface area contributed by atoms with E-state index in [9.17, 15) is 0 Å². The highest BCUT2D eigenvalue weighted by atomic mass is 16.5. The summed E-state index contributed by atoms with van der Waals surface area (Å²) in [6, 6.07) is 1.19. The Balaban J connectivity index is 2.36. The van der Waals surface area contributed by atoms with Gasteiger partial charge in [-0.2, -0.15) is 0 Å².